The molecule has 1 heterocycles. The summed E-state index contributed by atoms with van der Waals surface area (Å²) < 4.78 is 5.78. The first kappa shape index (κ1) is 15.3. The van der Waals surface area contributed by atoms with E-state index in [4.69, 9.17) is 4.74 Å². The van der Waals surface area contributed by atoms with Crippen LogP contribution in [0, 0.1) is 13.8 Å². The number of fused-ring (bicyclic) bond motifs is 1. The molecule has 0 aromatic heterocycles. The highest BCUT2D eigenvalue weighted by molar-refractivity contribution is 5.82. The lowest BCUT2D eigenvalue weighted by Crippen LogP contribution is -2.47. The minimum atomic E-state index is -0.730. The quantitative estimate of drug-likeness (QED) is 0.901. The number of rotatable bonds is 3. The van der Waals surface area contributed by atoms with Gasteiger partial charge in [0.05, 0.1) is 5.60 Å². The molecule has 1 fully saturated rings. The summed E-state index contributed by atoms with van der Waals surface area (Å²) in [5.74, 6) is 0.699. The molecule has 0 radical (unpaired) electrons. The van der Waals surface area contributed by atoms with Gasteiger partial charge >= 0.3 is 0 Å². The number of benzene rings is 1. The van der Waals surface area contributed by atoms with Gasteiger partial charge < -0.3 is 15.2 Å². The standard InChI is InChI=1S/C18H25NO3/c1-12-8-14-10-16(22-15(14)9-13(12)2)17(20)19-11-18(21)6-4-3-5-7-18/h8-9,16,21H,3-7,10-11H2,1-2H3,(H,19,20). The fourth-order valence-corrected chi connectivity index (χ4v) is 3.41. The molecule has 1 amide bonds. The summed E-state index contributed by atoms with van der Waals surface area (Å²) in [5, 5.41) is 13.3. The molecule has 0 spiro atoms. The highest BCUT2D eigenvalue weighted by Crippen LogP contribution is 2.32. The second-order valence-electron chi connectivity index (χ2n) is 6.86. The molecule has 2 N–H and O–H groups in total. The van der Waals surface area contributed by atoms with Gasteiger partial charge in [-0.2, -0.15) is 0 Å². The summed E-state index contributed by atoms with van der Waals surface area (Å²) in [6.45, 7) is 4.45. The Labute approximate surface area is 131 Å². The van der Waals surface area contributed by atoms with Gasteiger partial charge in [0.15, 0.2) is 6.10 Å². The molecule has 120 valence electrons. The Morgan fingerprint density at radius 3 is 2.68 bits per heavy atom. The fraction of sp³-hybridized carbons (Fsp3) is 0.611. The number of ether oxygens (including phenoxy) is 1. The molecule has 1 aliphatic carbocycles. The van der Waals surface area contributed by atoms with E-state index in [-0.39, 0.29) is 5.91 Å². The van der Waals surface area contributed by atoms with Crippen LogP contribution >= 0.6 is 0 Å². The van der Waals surface area contributed by atoms with E-state index in [2.05, 4.69) is 18.3 Å². The summed E-state index contributed by atoms with van der Waals surface area (Å²) in [4.78, 5) is 12.3. The van der Waals surface area contributed by atoms with Gasteiger partial charge in [-0.1, -0.05) is 25.3 Å². The zero-order valence-corrected chi connectivity index (χ0v) is 13.4. The predicted molar refractivity (Wildman–Crippen MR) is 85.1 cm³/mol. The van der Waals surface area contributed by atoms with E-state index in [0.29, 0.717) is 13.0 Å². The summed E-state index contributed by atoms with van der Waals surface area (Å²) in [6.07, 6.45) is 4.95. The third-order valence-electron chi connectivity index (χ3n) is 5.02. The number of hydrogen-bond donors (Lipinski definition) is 2. The van der Waals surface area contributed by atoms with E-state index in [9.17, 15) is 9.90 Å². The molecule has 1 aliphatic heterocycles. The Morgan fingerprint density at radius 2 is 1.95 bits per heavy atom. The van der Waals surface area contributed by atoms with Crippen LogP contribution in [0.5, 0.6) is 5.75 Å². The van der Waals surface area contributed by atoms with Crippen LogP contribution in [0.1, 0.15) is 48.8 Å². The van der Waals surface area contributed by atoms with Crippen LogP contribution in [-0.4, -0.2) is 29.3 Å². The number of aryl methyl sites for hydroxylation is 2. The predicted octanol–water partition coefficient (Wildman–Crippen LogP) is 2.42. The highest BCUT2D eigenvalue weighted by Gasteiger charge is 2.33. The van der Waals surface area contributed by atoms with Gasteiger partial charge in [0, 0.05) is 13.0 Å². The smallest absolute Gasteiger partial charge is 0.261 e. The molecule has 22 heavy (non-hydrogen) atoms. The molecule has 0 saturated heterocycles. The number of hydrogen-bond acceptors (Lipinski definition) is 3. The van der Waals surface area contributed by atoms with E-state index in [1.807, 2.05) is 13.0 Å². The van der Waals surface area contributed by atoms with Crippen molar-refractivity contribution in [2.75, 3.05) is 6.54 Å². The Morgan fingerprint density at radius 1 is 1.27 bits per heavy atom. The van der Waals surface area contributed by atoms with E-state index < -0.39 is 11.7 Å². The number of carbonyl (C=O) groups excluding carboxylic acids is 1. The monoisotopic (exact) mass is 303 g/mol. The lowest BCUT2D eigenvalue weighted by Gasteiger charge is -2.32. The van der Waals surface area contributed by atoms with E-state index in [0.717, 1.165) is 37.0 Å². The lowest BCUT2D eigenvalue weighted by atomic mass is 9.85. The van der Waals surface area contributed by atoms with Crippen LogP contribution in [0.15, 0.2) is 12.1 Å². The number of carbonyl (C=O) groups is 1. The van der Waals surface area contributed by atoms with Crippen molar-refractivity contribution >= 4 is 5.91 Å². The Balaban J connectivity index is 1.58. The van der Waals surface area contributed by atoms with Crippen molar-refractivity contribution in [3.05, 3.63) is 28.8 Å². The summed E-state index contributed by atoms with van der Waals surface area (Å²) in [7, 11) is 0. The second-order valence-corrected chi connectivity index (χ2v) is 6.86. The van der Waals surface area contributed by atoms with Crippen molar-refractivity contribution in [2.24, 2.45) is 0 Å². The average molecular weight is 303 g/mol. The largest absolute Gasteiger partial charge is 0.480 e. The SMILES string of the molecule is Cc1cc2c(cc1C)OC(C(=O)NCC1(O)CCCCC1)C2. The van der Waals surface area contributed by atoms with Crippen molar-refractivity contribution in [1.29, 1.82) is 0 Å². The maximum absolute atomic E-state index is 12.3. The molecule has 1 unspecified atom stereocenters. The molecule has 2 aliphatic rings. The lowest BCUT2D eigenvalue weighted by molar-refractivity contribution is -0.128. The Bertz CT molecular complexity index is 545. The normalized spacial score (nSPS) is 22.8. The van der Waals surface area contributed by atoms with Crippen molar-refractivity contribution in [3.63, 3.8) is 0 Å². The average Bonchev–Trinajstić information content (AvgIpc) is 2.89. The van der Waals surface area contributed by atoms with Crippen molar-refractivity contribution in [2.45, 2.75) is 64.1 Å². The number of nitrogens with one attached hydrogen (secondary N) is 1. The minimum absolute atomic E-state index is 0.120. The van der Waals surface area contributed by atoms with Gasteiger partial charge in [-0.05, 0) is 49.4 Å². The molecule has 0 bridgehead atoms. The zero-order valence-electron chi connectivity index (χ0n) is 13.4. The minimum Gasteiger partial charge on any atom is -0.480 e. The molecular formula is C18H25NO3. The van der Waals surface area contributed by atoms with Crippen LogP contribution in [0.25, 0.3) is 0 Å². The first-order valence-electron chi connectivity index (χ1n) is 8.24. The van der Waals surface area contributed by atoms with Crippen LogP contribution < -0.4 is 10.1 Å². The molecule has 4 heteroatoms. The maximum atomic E-state index is 12.3. The van der Waals surface area contributed by atoms with Crippen LogP contribution in [0.3, 0.4) is 0 Å². The van der Waals surface area contributed by atoms with E-state index in [1.165, 1.54) is 17.5 Å². The van der Waals surface area contributed by atoms with Crippen molar-refractivity contribution < 1.29 is 14.6 Å². The first-order valence-corrected chi connectivity index (χ1v) is 8.24. The zero-order chi connectivity index (χ0) is 15.7. The molecule has 4 nitrogen and oxygen atoms in total. The molecule has 1 atom stereocenters. The first-order chi connectivity index (χ1) is 10.5. The summed E-state index contributed by atoms with van der Waals surface area (Å²) >= 11 is 0. The maximum Gasteiger partial charge on any atom is 0.261 e. The van der Waals surface area contributed by atoms with Gasteiger partial charge in [-0.3, -0.25) is 4.79 Å². The highest BCUT2D eigenvalue weighted by atomic mass is 16.5. The van der Waals surface area contributed by atoms with Crippen molar-refractivity contribution in [1.82, 2.24) is 5.32 Å². The van der Waals surface area contributed by atoms with Gasteiger partial charge in [0.25, 0.3) is 5.91 Å². The van der Waals surface area contributed by atoms with Gasteiger partial charge in [-0.15, -0.1) is 0 Å². The molecule has 3 rings (SSSR count). The van der Waals surface area contributed by atoms with E-state index in [1.54, 1.807) is 0 Å². The topological polar surface area (TPSA) is 58.6 Å². The van der Waals surface area contributed by atoms with Gasteiger partial charge in [0.1, 0.15) is 5.75 Å². The van der Waals surface area contributed by atoms with Crippen LogP contribution in [-0.2, 0) is 11.2 Å². The summed E-state index contributed by atoms with van der Waals surface area (Å²) in [6, 6.07) is 4.11. The van der Waals surface area contributed by atoms with E-state index >= 15 is 0 Å². The Kier molecular flexibility index (Phi) is 4.13. The van der Waals surface area contributed by atoms with Gasteiger partial charge in [-0.25, -0.2) is 0 Å². The molecule has 1 saturated carbocycles. The fourth-order valence-electron chi connectivity index (χ4n) is 3.41. The number of amides is 1. The van der Waals surface area contributed by atoms with Crippen LogP contribution in [0.2, 0.25) is 0 Å². The van der Waals surface area contributed by atoms with Crippen molar-refractivity contribution in [3.8, 4) is 5.75 Å². The molecule has 1 aromatic rings. The molecule has 1 aromatic carbocycles. The third-order valence-corrected chi connectivity index (χ3v) is 5.02. The van der Waals surface area contributed by atoms with Crippen LogP contribution in [0.4, 0.5) is 0 Å². The third kappa shape index (κ3) is 3.12. The molecular weight excluding hydrogens is 278 g/mol. The summed E-state index contributed by atoms with van der Waals surface area (Å²) in [5.41, 5.74) is 2.77. The number of aliphatic hydroxyl groups is 1. The van der Waals surface area contributed by atoms with Gasteiger partial charge in [0.2, 0.25) is 0 Å². The Hall–Kier alpha value is -1.55. The second kappa shape index (κ2) is 5.92.